The summed E-state index contributed by atoms with van der Waals surface area (Å²) >= 11 is 0. The van der Waals surface area contributed by atoms with Crippen molar-refractivity contribution in [3.63, 3.8) is 0 Å². The van der Waals surface area contributed by atoms with Gasteiger partial charge in [-0.15, -0.1) is 6.58 Å². The summed E-state index contributed by atoms with van der Waals surface area (Å²) < 4.78 is 39.0. The molecule has 0 aliphatic carbocycles. The standard InChI is InChI=1S/C18H15P.C3H5.BF4.Pd/c1-4-10-16(11-5-1)19(17-12-6-2-7-13-17)18-14-8-3-9-15-18;1-3-2;2-1(3,4)5;/h1-15H;3H,1-2H2;;/q;;-1;. The van der Waals surface area contributed by atoms with Gasteiger partial charge in [0.1, 0.15) is 0 Å². The summed E-state index contributed by atoms with van der Waals surface area (Å²) in [6.45, 7) is 6.50. The van der Waals surface area contributed by atoms with E-state index in [0.29, 0.717) is 0 Å². The molecule has 0 saturated carbocycles. The van der Waals surface area contributed by atoms with E-state index in [0.717, 1.165) is 0 Å². The molecule has 0 fully saturated rings. The van der Waals surface area contributed by atoms with Gasteiger partial charge in [-0.05, 0) is 30.8 Å². The molecule has 0 amide bonds. The molecule has 0 heterocycles. The summed E-state index contributed by atoms with van der Waals surface area (Å²) in [4.78, 5) is 0. The van der Waals surface area contributed by atoms with Crippen molar-refractivity contribution in [3.05, 3.63) is 111 Å². The van der Waals surface area contributed by atoms with Gasteiger partial charge in [0, 0.05) is 20.4 Å². The second-order valence-electron chi connectivity index (χ2n) is 5.13. The van der Waals surface area contributed by atoms with Crippen molar-refractivity contribution >= 4 is 31.1 Å². The molecule has 0 spiro atoms. The van der Waals surface area contributed by atoms with Gasteiger partial charge < -0.3 is 17.3 Å². The van der Waals surface area contributed by atoms with Crippen LogP contribution in [0, 0.1) is 6.92 Å². The first kappa shape index (κ1) is 26.3. The van der Waals surface area contributed by atoms with Crippen molar-refractivity contribution in [1.82, 2.24) is 0 Å². The first-order valence-corrected chi connectivity index (χ1v) is 9.43. The molecule has 7 heteroatoms. The third-order valence-corrected chi connectivity index (χ3v) is 5.49. The molecule has 0 aliphatic heterocycles. The molecule has 28 heavy (non-hydrogen) atoms. The smallest absolute Gasteiger partial charge is 0.418 e. The monoisotopic (exact) mass is 496 g/mol. The van der Waals surface area contributed by atoms with Crippen LogP contribution < -0.4 is 15.9 Å². The Morgan fingerprint density at radius 3 is 0.964 bits per heavy atom. The normalized spacial score (nSPS) is 9.79. The molecule has 151 valence electrons. The quantitative estimate of drug-likeness (QED) is 0.246. The molecule has 0 nitrogen and oxygen atoms in total. The van der Waals surface area contributed by atoms with E-state index in [1.807, 2.05) is 0 Å². The average Bonchev–Trinajstić information content (AvgIpc) is 2.64. The van der Waals surface area contributed by atoms with Gasteiger partial charge in [-0.3, -0.25) is 0 Å². The fourth-order valence-electron chi connectivity index (χ4n) is 2.18. The van der Waals surface area contributed by atoms with Crippen molar-refractivity contribution in [2.24, 2.45) is 0 Å². The minimum Gasteiger partial charge on any atom is -0.418 e. The molecule has 0 saturated heterocycles. The Morgan fingerprint density at radius 1 is 0.607 bits per heavy atom. The second-order valence-corrected chi connectivity index (χ2v) is 7.35. The Hall–Kier alpha value is -1.72. The number of hydrogen-bond acceptors (Lipinski definition) is 0. The Bertz CT molecular complexity index is 669. The van der Waals surface area contributed by atoms with Crippen LogP contribution in [0.2, 0.25) is 0 Å². The van der Waals surface area contributed by atoms with Crippen LogP contribution in [0.4, 0.5) is 17.3 Å². The fraction of sp³-hybridized carbons (Fsp3) is 0. The number of hydrogen-bond donors (Lipinski definition) is 0. The van der Waals surface area contributed by atoms with Crippen LogP contribution in [0.15, 0.2) is 104 Å². The molecule has 0 atom stereocenters. The molecule has 0 aliphatic rings. The molecule has 0 bridgehead atoms. The van der Waals surface area contributed by atoms with E-state index in [1.54, 1.807) is 0 Å². The maximum Gasteiger partial charge on any atom is 0.673 e. The van der Waals surface area contributed by atoms with Gasteiger partial charge in [0.2, 0.25) is 0 Å². The zero-order valence-electron chi connectivity index (χ0n) is 15.0. The summed E-state index contributed by atoms with van der Waals surface area (Å²) in [6, 6.07) is 32.3. The minimum absolute atomic E-state index is 0. The summed E-state index contributed by atoms with van der Waals surface area (Å²) in [5.74, 6) is 0. The molecular formula is C21H20BF4PPd-. The summed E-state index contributed by atoms with van der Waals surface area (Å²) in [5, 5.41) is 4.19. The summed E-state index contributed by atoms with van der Waals surface area (Å²) in [5.41, 5.74) is 0. The van der Waals surface area contributed by atoms with E-state index in [-0.39, 0.29) is 20.4 Å². The molecule has 0 aromatic heterocycles. The van der Waals surface area contributed by atoms with Gasteiger partial charge in [-0.25, -0.2) is 0 Å². The van der Waals surface area contributed by atoms with Gasteiger partial charge in [0.15, 0.2) is 0 Å². The van der Waals surface area contributed by atoms with Gasteiger partial charge in [-0.1, -0.05) is 97.1 Å². The van der Waals surface area contributed by atoms with Crippen LogP contribution in [0.25, 0.3) is 0 Å². The topological polar surface area (TPSA) is 0 Å². The van der Waals surface area contributed by atoms with Gasteiger partial charge in [0.05, 0.1) is 0 Å². The Balaban J connectivity index is 0.000000699. The van der Waals surface area contributed by atoms with E-state index in [1.165, 1.54) is 22.0 Å². The first-order valence-electron chi connectivity index (χ1n) is 8.09. The summed E-state index contributed by atoms with van der Waals surface area (Å²) in [7, 11) is -6.45. The Labute approximate surface area is 179 Å². The van der Waals surface area contributed by atoms with Gasteiger partial charge >= 0.3 is 7.25 Å². The van der Waals surface area contributed by atoms with Gasteiger partial charge in [-0.2, -0.15) is 0 Å². The number of halogens is 4. The predicted octanol–water partition coefficient (Wildman–Crippen LogP) is 5.75. The van der Waals surface area contributed by atoms with Crippen LogP contribution in [0.3, 0.4) is 0 Å². The minimum atomic E-state index is -6.00. The maximum absolute atomic E-state index is 9.75. The van der Waals surface area contributed by atoms with Gasteiger partial charge in [0.25, 0.3) is 0 Å². The zero-order valence-corrected chi connectivity index (χ0v) is 17.5. The van der Waals surface area contributed by atoms with Crippen molar-refractivity contribution in [3.8, 4) is 0 Å². The fourth-order valence-corrected chi connectivity index (χ4v) is 4.48. The second kappa shape index (κ2) is 14.3. The van der Waals surface area contributed by atoms with Crippen molar-refractivity contribution < 1.29 is 37.7 Å². The van der Waals surface area contributed by atoms with Crippen LogP contribution in [0.5, 0.6) is 0 Å². The van der Waals surface area contributed by atoms with E-state index in [9.17, 15) is 17.3 Å². The molecule has 0 unspecified atom stereocenters. The SMILES string of the molecule is F[B-](F)(F)F.[CH2]C=C.[Pd].c1ccc(P(c2ccccc2)c2ccccc2)cc1. The predicted molar refractivity (Wildman–Crippen MR) is 111 cm³/mol. The third kappa shape index (κ3) is 11.2. The molecule has 3 aromatic rings. The van der Waals surface area contributed by atoms with Crippen LogP contribution in [-0.2, 0) is 20.4 Å². The number of benzene rings is 3. The van der Waals surface area contributed by atoms with Crippen molar-refractivity contribution in [1.29, 1.82) is 0 Å². The van der Waals surface area contributed by atoms with Crippen molar-refractivity contribution in [2.45, 2.75) is 0 Å². The van der Waals surface area contributed by atoms with Crippen LogP contribution >= 0.6 is 7.92 Å². The number of allylic oxidation sites excluding steroid dienone is 1. The largest absolute Gasteiger partial charge is 0.673 e. The van der Waals surface area contributed by atoms with Crippen LogP contribution in [0.1, 0.15) is 0 Å². The van der Waals surface area contributed by atoms with E-state index >= 15 is 0 Å². The maximum atomic E-state index is 9.75. The summed E-state index contributed by atoms with van der Waals surface area (Å²) in [6.07, 6.45) is 1.50. The van der Waals surface area contributed by atoms with E-state index in [4.69, 9.17) is 0 Å². The molecule has 3 aromatic carbocycles. The zero-order chi connectivity index (χ0) is 20.1. The molecule has 0 N–H and O–H groups in total. The number of rotatable bonds is 3. The molecule has 1 radical (unpaired) electrons. The first-order chi connectivity index (χ1) is 12.9. The van der Waals surface area contributed by atoms with E-state index in [2.05, 4.69) is 104 Å². The third-order valence-electron chi connectivity index (χ3n) is 3.04. The molecular weight excluding hydrogens is 476 g/mol. The Kier molecular flexibility index (Phi) is 13.4. The van der Waals surface area contributed by atoms with E-state index < -0.39 is 15.2 Å². The Morgan fingerprint density at radius 2 is 0.786 bits per heavy atom. The van der Waals surface area contributed by atoms with Crippen LogP contribution in [-0.4, -0.2) is 7.25 Å². The average molecular weight is 497 g/mol. The molecule has 3 rings (SSSR count). The van der Waals surface area contributed by atoms with Crippen molar-refractivity contribution in [2.75, 3.05) is 0 Å².